The molecule has 2 heterocycles. The lowest BCUT2D eigenvalue weighted by molar-refractivity contribution is 0.0189. The summed E-state index contributed by atoms with van der Waals surface area (Å²) < 4.78 is 7.31. The highest BCUT2D eigenvalue weighted by Crippen LogP contribution is 2.18. The monoisotopic (exact) mass is 328 g/mol. The van der Waals surface area contributed by atoms with Crippen molar-refractivity contribution in [1.82, 2.24) is 20.0 Å². The third kappa shape index (κ3) is 3.28. The topological polar surface area (TPSA) is 59.4 Å². The highest BCUT2D eigenvalue weighted by molar-refractivity contribution is 5.74. The van der Waals surface area contributed by atoms with Gasteiger partial charge in [-0.05, 0) is 32.9 Å². The van der Waals surface area contributed by atoms with Crippen LogP contribution in [0.15, 0.2) is 30.3 Å². The Morgan fingerprint density at radius 1 is 1.33 bits per heavy atom. The van der Waals surface area contributed by atoms with Crippen LogP contribution in [0.1, 0.15) is 23.9 Å². The molecule has 1 aromatic carbocycles. The van der Waals surface area contributed by atoms with E-state index in [4.69, 9.17) is 4.74 Å². The van der Waals surface area contributed by atoms with Crippen LogP contribution in [0, 0.1) is 13.8 Å². The Hall–Kier alpha value is -2.34. The van der Waals surface area contributed by atoms with E-state index in [1.807, 2.05) is 60.7 Å². The van der Waals surface area contributed by atoms with Crippen molar-refractivity contribution in [1.29, 1.82) is 0 Å². The Bertz CT molecular complexity index is 711. The SMILES string of the molecule is Cc1nn(-c2ccccc2)c(C)c1CNC(=O)N1CCOC[C@@H]1C. The lowest BCUT2D eigenvalue weighted by atomic mass is 10.2. The number of amides is 2. The number of aryl methyl sites for hydroxylation is 1. The van der Waals surface area contributed by atoms with Crippen molar-refractivity contribution >= 4 is 6.03 Å². The Balaban J connectivity index is 1.72. The van der Waals surface area contributed by atoms with E-state index < -0.39 is 0 Å². The van der Waals surface area contributed by atoms with E-state index in [-0.39, 0.29) is 12.1 Å². The first-order valence-electron chi connectivity index (χ1n) is 8.30. The standard InChI is InChI=1S/C18H24N4O2/c1-13-12-24-10-9-21(13)18(23)19-11-17-14(2)20-22(15(17)3)16-7-5-4-6-8-16/h4-8,13H,9-12H2,1-3H3,(H,19,23)/t13-/m0/s1. The van der Waals surface area contributed by atoms with Crippen LogP contribution in [0.3, 0.4) is 0 Å². The number of carbonyl (C=O) groups excluding carboxylic acids is 1. The zero-order valence-corrected chi connectivity index (χ0v) is 14.5. The molecule has 0 aliphatic carbocycles. The number of nitrogens with zero attached hydrogens (tertiary/aromatic N) is 3. The van der Waals surface area contributed by atoms with Gasteiger partial charge in [0.25, 0.3) is 0 Å². The maximum absolute atomic E-state index is 12.4. The van der Waals surface area contributed by atoms with Crippen LogP contribution in [0.5, 0.6) is 0 Å². The molecule has 0 bridgehead atoms. The molecule has 1 saturated heterocycles. The number of nitrogens with one attached hydrogen (secondary N) is 1. The third-order valence-electron chi connectivity index (χ3n) is 4.49. The van der Waals surface area contributed by atoms with Gasteiger partial charge >= 0.3 is 6.03 Å². The molecule has 128 valence electrons. The van der Waals surface area contributed by atoms with Gasteiger partial charge in [0.2, 0.25) is 0 Å². The number of rotatable bonds is 3. The molecule has 1 aliphatic heterocycles. The summed E-state index contributed by atoms with van der Waals surface area (Å²) in [5.74, 6) is 0. The molecule has 2 amide bonds. The van der Waals surface area contributed by atoms with Crippen molar-refractivity contribution in [2.45, 2.75) is 33.4 Å². The van der Waals surface area contributed by atoms with E-state index in [2.05, 4.69) is 10.4 Å². The largest absolute Gasteiger partial charge is 0.377 e. The van der Waals surface area contributed by atoms with E-state index in [1.54, 1.807) is 0 Å². The van der Waals surface area contributed by atoms with Crippen molar-refractivity contribution in [3.8, 4) is 5.69 Å². The number of urea groups is 1. The molecule has 1 N–H and O–H groups in total. The maximum Gasteiger partial charge on any atom is 0.318 e. The van der Waals surface area contributed by atoms with E-state index in [0.717, 1.165) is 22.6 Å². The van der Waals surface area contributed by atoms with Gasteiger partial charge in [0, 0.05) is 24.3 Å². The molecule has 1 fully saturated rings. The first-order valence-corrected chi connectivity index (χ1v) is 8.30. The molecule has 0 unspecified atom stereocenters. The molecule has 1 atom stereocenters. The maximum atomic E-state index is 12.4. The van der Waals surface area contributed by atoms with Crippen molar-refractivity contribution in [2.24, 2.45) is 0 Å². The molecular weight excluding hydrogens is 304 g/mol. The van der Waals surface area contributed by atoms with Gasteiger partial charge in [0.1, 0.15) is 0 Å². The fourth-order valence-corrected chi connectivity index (χ4v) is 3.05. The van der Waals surface area contributed by atoms with Gasteiger partial charge in [-0.15, -0.1) is 0 Å². The third-order valence-corrected chi connectivity index (χ3v) is 4.49. The van der Waals surface area contributed by atoms with Gasteiger partial charge in [0.05, 0.1) is 30.6 Å². The number of morpholine rings is 1. The normalized spacial score (nSPS) is 17.8. The molecule has 0 spiro atoms. The number of para-hydroxylation sites is 1. The van der Waals surface area contributed by atoms with Crippen LogP contribution < -0.4 is 5.32 Å². The van der Waals surface area contributed by atoms with Gasteiger partial charge in [0.15, 0.2) is 0 Å². The molecule has 24 heavy (non-hydrogen) atoms. The number of aromatic nitrogens is 2. The second-order valence-electron chi connectivity index (χ2n) is 6.17. The van der Waals surface area contributed by atoms with Gasteiger partial charge in [-0.1, -0.05) is 18.2 Å². The summed E-state index contributed by atoms with van der Waals surface area (Å²) in [4.78, 5) is 14.2. The first kappa shape index (κ1) is 16.5. The van der Waals surface area contributed by atoms with Crippen molar-refractivity contribution < 1.29 is 9.53 Å². The minimum absolute atomic E-state index is 0.0444. The van der Waals surface area contributed by atoms with Gasteiger partial charge in [-0.25, -0.2) is 9.48 Å². The molecule has 2 aromatic rings. The average Bonchev–Trinajstić information content (AvgIpc) is 2.88. The summed E-state index contributed by atoms with van der Waals surface area (Å²) >= 11 is 0. The van der Waals surface area contributed by atoms with Crippen LogP contribution in [0.2, 0.25) is 0 Å². The Kier molecular flexibility index (Phi) is 4.85. The summed E-state index contributed by atoms with van der Waals surface area (Å²) in [6.07, 6.45) is 0. The van der Waals surface area contributed by atoms with E-state index >= 15 is 0 Å². The van der Waals surface area contributed by atoms with Crippen molar-refractivity contribution in [3.05, 3.63) is 47.3 Å². The lowest BCUT2D eigenvalue weighted by Gasteiger charge is -2.33. The van der Waals surface area contributed by atoms with Gasteiger partial charge in [-0.3, -0.25) is 0 Å². The summed E-state index contributed by atoms with van der Waals surface area (Å²) in [7, 11) is 0. The number of hydrogen-bond acceptors (Lipinski definition) is 3. The summed E-state index contributed by atoms with van der Waals surface area (Å²) in [6, 6.07) is 10.1. The average molecular weight is 328 g/mol. The van der Waals surface area contributed by atoms with Crippen LogP contribution in [0.4, 0.5) is 4.79 Å². The highest BCUT2D eigenvalue weighted by atomic mass is 16.5. The van der Waals surface area contributed by atoms with Crippen LogP contribution >= 0.6 is 0 Å². The number of carbonyl (C=O) groups is 1. The lowest BCUT2D eigenvalue weighted by Crippen LogP contribution is -2.51. The van der Waals surface area contributed by atoms with E-state index in [1.165, 1.54) is 0 Å². The predicted molar refractivity (Wildman–Crippen MR) is 92.3 cm³/mol. The zero-order chi connectivity index (χ0) is 17.1. The van der Waals surface area contributed by atoms with E-state index in [9.17, 15) is 4.79 Å². The Morgan fingerprint density at radius 3 is 2.79 bits per heavy atom. The first-order chi connectivity index (χ1) is 11.6. The predicted octanol–water partition coefficient (Wildman–Crippen LogP) is 2.42. The number of benzene rings is 1. The molecule has 6 heteroatoms. The smallest absolute Gasteiger partial charge is 0.318 e. The molecule has 6 nitrogen and oxygen atoms in total. The van der Waals surface area contributed by atoms with Crippen LogP contribution in [-0.2, 0) is 11.3 Å². The summed E-state index contributed by atoms with van der Waals surface area (Å²) in [5.41, 5.74) is 4.08. The summed E-state index contributed by atoms with van der Waals surface area (Å²) in [6.45, 7) is 8.32. The Labute approximate surface area is 142 Å². The fourth-order valence-electron chi connectivity index (χ4n) is 3.05. The highest BCUT2D eigenvalue weighted by Gasteiger charge is 2.24. The second kappa shape index (κ2) is 7.05. The molecule has 3 rings (SSSR count). The Morgan fingerprint density at radius 2 is 2.08 bits per heavy atom. The van der Waals surface area contributed by atoms with Crippen molar-refractivity contribution in [3.63, 3.8) is 0 Å². The fraction of sp³-hybridized carbons (Fsp3) is 0.444. The van der Waals surface area contributed by atoms with E-state index in [0.29, 0.717) is 26.3 Å². The molecule has 1 aliphatic rings. The molecule has 1 aromatic heterocycles. The van der Waals surface area contributed by atoms with Crippen LogP contribution in [-0.4, -0.2) is 46.5 Å². The van der Waals surface area contributed by atoms with Gasteiger partial charge in [-0.2, -0.15) is 5.10 Å². The number of ether oxygens (including phenoxy) is 1. The second-order valence-corrected chi connectivity index (χ2v) is 6.17. The minimum atomic E-state index is -0.0444. The minimum Gasteiger partial charge on any atom is -0.377 e. The molecule has 0 radical (unpaired) electrons. The quantitative estimate of drug-likeness (QED) is 0.941. The van der Waals surface area contributed by atoms with Crippen molar-refractivity contribution in [2.75, 3.05) is 19.8 Å². The zero-order valence-electron chi connectivity index (χ0n) is 14.5. The van der Waals surface area contributed by atoms with Crippen LogP contribution in [0.25, 0.3) is 5.69 Å². The molecule has 0 saturated carbocycles. The summed E-state index contributed by atoms with van der Waals surface area (Å²) in [5, 5.41) is 7.64. The number of hydrogen-bond donors (Lipinski definition) is 1. The molecular formula is C18H24N4O2. The van der Waals surface area contributed by atoms with Gasteiger partial charge < -0.3 is 15.0 Å².